The van der Waals surface area contributed by atoms with Gasteiger partial charge in [-0.3, -0.25) is 14.7 Å². The summed E-state index contributed by atoms with van der Waals surface area (Å²) < 4.78 is 10.7. The van der Waals surface area contributed by atoms with Crippen LogP contribution in [0, 0.1) is 5.92 Å². The molecule has 4 N–H and O–H groups in total. The van der Waals surface area contributed by atoms with Crippen molar-refractivity contribution in [2.45, 2.75) is 58.4 Å². The molecular formula is C27H39N5O8. The van der Waals surface area contributed by atoms with Crippen LogP contribution >= 0.6 is 0 Å². The maximum absolute atomic E-state index is 13.0. The van der Waals surface area contributed by atoms with Crippen molar-refractivity contribution in [3.05, 3.63) is 24.4 Å². The third kappa shape index (κ3) is 9.04. The van der Waals surface area contributed by atoms with Gasteiger partial charge in [-0.05, 0) is 38.4 Å². The number of amides is 2. The van der Waals surface area contributed by atoms with Crippen LogP contribution in [0.3, 0.4) is 0 Å². The quantitative estimate of drug-likeness (QED) is 0.208. The fourth-order valence-electron chi connectivity index (χ4n) is 4.70. The van der Waals surface area contributed by atoms with Crippen molar-refractivity contribution >= 4 is 40.7 Å². The third-order valence-electron chi connectivity index (χ3n) is 6.59. The van der Waals surface area contributed by atoms with E-state index in [9.17, 15) is 9.59 Å². The summed E-state index contributed by atoms with van der Waals surface area (Å²) in [6, 6.07) is 4.14. The van der Waals surface area contributed by atoms with Crippen molar-refractivity contribution in [3.8, 4) is 5.88 Å². The fraction of sp³-hybridized carbons (Fsp3) is 0.556. The largest absolute Gasteiger partial charge is 0.481 e. The Bertz CT molecular complexity index is 1150. The lowest BCUT2D eigenvalue weighted by Gasteiger charge is -2.42. The van der Waals surface area contributed by atoms with Gasteiger partial charge in [-0.25, -0.2) is 19.4 Å². The van der Waals surface area contributed by atoms with Crippen LogP contribution in [0.4, 0.5) is 10.5 Å². The molecule has 0 saturated carbocycles. The summed E-state index contributed by atoms with van der Waals surface area (Å²) in [5.74, 6) is -4.06. The van der Waals surface area contributed by atoms with E-state index in [2.05, 4.69) is 21.8 Å². The maximum Gasteiger partial charge on any atom is 0.414 e. The molecule has 0 spiro atoms. The number of carboxylic acids is 2. The summed E-state index contributed by atoms with van der Waals surface area (Å²) in [6.45, 7) is 6.52. The van der Waals surface area contributed by atoms with Crippen molar-refractivity contribution in [2.24, 2.45) is 11.7 Å². The predicted molar refractivity (Wildman–Crippen MR) is 147 cm³/mol. The minimum absolute atomic E-state index is 0.284. The molecule has 0 bridgehead atoms. The van der Waals surface area contributed by atoms with E-state index < -0.39 is 29.9 Å². The van der Waals surface area contributed by atoms with Gasteiger partial charge >= 0.3 is 23.9 Å². The van der Waals surface area contributed by atoms with Crippen LogP contribution in [0.5, 0.6) is 5.88 Å². The number of anilines is 1. The number of fused-ring (bicyclic) bond motifs is 1. The number of ether oxygens (including phenoxy) is 2. The highest BCUT2D eigenvalue weighted by atomic mass is 16.5. The number of nitrogens with zero attached hydrogens (tertiary/aromatic N) is 4. The first kappa shape index (κ1) is 32.2. The van der Waals surface area contributed by atoms with Crippen molar-refractivity contribution in [2.75, 3.05) is 38.3 Å². The summed E-state index contributed by atoms with van der Waals surface area (Å²) >= 11 is 0. The molecule has 0 unspecified atom stereocenters. The molecule has 1 aliphatic heterocycles. The minimum atomic E-state index is -1.82. The first-order chi connectivity index (χ1) is 19.1. The topological polar surface area (TPSA) is 185 Å². The smallest absolute Gasteiger partial charge is 0.414 e. The van der Waals surface area contributed by atoms with E-state index in [0.29, 0.717) is 35.6 Å². The van der Waals surface area contributed by atoms with Crippen LogP contribution < -0.4 is 15.4 Å². The Labute approximate surface area is 233 Å². The van der Waals surface area contributed by atoms with Crippen LogP contribution in [0.2, 0.25) is 0 Å². The molecule has 1 saturated heterocycles. The molecule has 13 nitrogen and oxygen atoms in total. The standard InChI is InChI=1S/C25H37N5O4.C2H2O4/c1-4-6-7-8-9-15-29-16-13-20(18(17-29)24(31)34-5-2)30(25(26)32)21-12-14-27-19-10-11-22(33-3)28-23(19)21;3-1(4)2(5)6/h10-12,14,18,20H,4-9,13,15-17H2,1-3H3,(H2,26,32);(H,3,4)(H,5,6)/t18-,20+;/m1./s1. The molecule has 2 amide bonds. The molecule has 1 aliphatic rings. The number of piperidine rings is 1. The normalized spacial score (nSPS) is 16.9. The molecule has 3 rings (SSSR count). The number of carboxylic acid groups (broad SMARTS) is 2. The lowest BCUT2D eigenvalue weighted by atomic mass is 9.90. The number of aromatic nitrogens is 2. The molecule has 1 fully saturated rings. The van der Waals surface area contributed by atoms with Gasteiger partial charge in [-0.15, -0.1) is 0 Å². The minimum Gasteiger partial charge on any atom is -0.481 e. The summed E-state index contributed by atoms with van der Waals surface area (Å²) in [5.41, 5.74) is 7.53. The number of pyridine rings is 2. The van der Waals surface area contributed by atoms with Gasteiger partial charge in [0.1, 0.15) is 5.52 Å². The van der Waals surface area contributed by atoms with Gasteiger partial charge in [0.2, 0.25) is 5.88 Å². The van der Waals surface area contributed by atoms with Crippen molar-refractivity contribution in [1.29, 1.82) is 0 Å². The number of aliphatic carboxylic acids is 2. The fourth-order valence-corrected chi connectivity index (χ4v) is 4.70. The van der Waals surface area contributed by atoms with Crippen LogP contribution in [0.1, 0.15) is 52.4 Å². The molecule has 0 radical (unpaired) electrons. The van der Waals surface area contributed by atoms with Crippen LogP contribution in [0.15, 0.2) is 24.4 Å². The summed E-state index contributed by atoms with van der Waals surface area (Å²) in [7, 11) is 1.53. The number of hydrogen-bond donors (Lipinski definition) is 3. The van der Waals surface area contributed by atoms with Gasteiger partial charge in [-0.2, -0.15) is 0 Å². The van der Waals surface area contributed by atoms with Crippen molar-refractivity contribution in [1.82, 2.24) is 14.9 Å². The van der Waals surface area contributed by atoms with E-state index in [1.165, 1.54) is 37.7 Å². The number of hydrogen-bond acceptors (Lipinski definition) is 9. The summed E-state index contributed by atoms with van der Waals surface area (Å²) in [4.78, 5) is 56.7. The second kappa shape index (κ2) is 16.2. The van der Waals surface area contributed by atoms with Crippen LogP contribution in [0.25, 0.3) is 11.0 Å². The number of unbranched alkanes of at least 4 members (excludes halogenated alkanes) is 4. The second-order valence-electron chi connectivity index (χ2n) is 9.30. The number of esters is 1. The zero-order chi connectivity index (χ0) is 29.7. The van der Waals surface area contributed by atoms with E-state index in [1.807, 2.05) is 0 Å². The number of rotatable bonds is 11. The SMILES string of the molecule is CCCCCCCN1CC[C@H](N(C(N)=O)c2ccnc3ccc(OC)nc23)[C@H](C(=O)OCC)C1.O=C(O)C(=O)O. The zero-order valence-corrected chi connectivity index (χ0v) is 23.2. The van der Waals surface area contributed by atoms with E-state index in [4.69, 9.17) is 35.0 Å². The van der Waals surface area contributed by atoms with Gasteiger partial charge in [-0.1, -0.05) is 32.6 Å². The molecular weight excluding hydrogens is 522 g/mol. The van der Waals surface area contributed by atoms with Gasteiger partial charge in [0.15, 0.2) is 0 Å². The molecule has 2 atom stereocenters. The summed E-state index contributed by atoms with van der Waals surface area (Å²) in [5, 5.41) is 14.8. The monoisotopic (exact) mass is 561 g/mol. The Kier molecular flexibility index (Phi) is 13.0. The highest BCUT2D eigenvalue weighted by Gasteiger charge is 2.41. The Balaban J connectivity index is 0.000000840. The first-order valence-electron chi connectivity index (χ1n) is 13.4. The number of methoxy groups -OCH3 is 1. The Morgan fingerprint density at radius 2 is 1.77 bits per heavy atom. The molecule has 2 aromatic rings. The van der Waals surface area contributed by atoms with Crippen molar-refractivity contribution < 1.29 is 38.9 Å². The number of carbonyl (C=O) groups excluding carboxylic acids is 2. The molecule has 2 aromatic heterocycles. The average Bonchev–Trinajstić information content (AvgIpc) is 2.93. The molecule has 13 heteroatoms. The predicted octanol–water partition coefficient (Wildman–Crippen LogP) is 2.90. The van der Waals surface area contributed by atoms with Gasteiger partial charge in [0, 0.05) is 25.4 Å². The number of likely N-dealkylation sites (tertiary alicyclic amines) is 1. The number of urea groups is 1. The zero-order valence-electron chi connectivity index (χ0n) is 23.2. The van der Waals surface area contributed by atoms with Gasteiger partial charge < -0.3 is 30.3 Å². The number of primary amides is 1. The van der Waals surface area contributed by atoms with Gasteiger partial charge in [0.25, 0.3) is 0 Å². The van der Waals surface area contributed by atoms with Crippen LogP contribution in [-0.4, -0.2) is 88.4 Å². The lowest BCUT2D eigenvalue weighted by molar-refractivity contribution is -0.159. The Morgan fingerprint density at radius 1 is 1.07 bits per heavy atom. The van der Waals surface area contributed by atoms with E-state index in [-0.39, 0.29) is 12.6 Å². The highest BCUT2D eigenvalue weighted by molar-refractivity contribution is 6.27. The first-order valence-corrected chi connectivity index (χ1v) is 13.4. The maximum atomic E-state index is 13.0. The Hall–Kier alpha value is -4.00. The molecule has 0 aromatic carbocycles. The van der Waals surface area contributed by atoms with E-state index >= 15 is 0 Å². The van der Waals surface area contributed by atoms with E-state index in [0.717, 1.165) is 19.5 Å². The molecule has 0 aliphatic carbocycles. The lowest BCUT2D eigenvalue weighted by Crippen LogP contribution is -2.57. The number of carbonyl (C=O) groups is 4. The molecule has 3 heterocycles. The third-order valence-corrected chi connectivity index (χ3v) is 6.59. The second-order valence-corrected chi connectivity index (χ2v) is 9.30. The Morgan fingerprint density at radius 3 is 2.38 bits per heavy atom. The van der Waals surface area contributed by atoms with Crippen molar-refractivity contribution in [3.63, 3.8) is 0 Å². The van der Waals surface area contributed by atoms with Gasteiger partial charge in [0.05, 0.1) is 36.9 Å². The average molecular weight is 562 g/mol. The van der Waals surface area contributed by atoms with E-state index in [1.54, 1.807) is 31.3 Å². The molecule has 40 heavy (non-hydrogen) atoms. The highest BCUT2D eigenvalue weighted by Crippen LogP contribution is 2.32. The summed E-state index contributed by atoms with van der Waals surface area (Å²) in [6.07, 6.45) is 8.20. The molecule has 220 valence electrons. The number of nitrogens with two attached hydrogens (primary N) is 1. The van der Waals surface area contributed by atoms with Crippen LogP contribution in [-0.2, 0) is 19.1 Å².